The van der Waals surface area contributed by atoms with Crippen LogP contribution < -0.4 is 0 Å². The van der Waals surface area contributed by atoms with Crippen LogP contribution in [-0.4, -0.2) is 25.4 Å². The Labute approximate surface area is 181 Å². The van der Waals surface area contributed by atoms with Crippen molar-refractivity contribution in [1.29, 1.82) is 5.41 Å². The highest BCUT2D eigenvalue weighted by Crippen LogP contribution is 2.28. The summed E-state index contributed by atoms with van der Waals surface area (Å²) in [5.41, 5.74) is 5.26. The summed E-state index contributed by atoms with van der Waals surface area (Å²) in [6.45, 7) is 0. The van der Waals surface area contributed by atoms with E-state index in [9.17, 15) is 12.8 Å². The van der Waals surface area contributed by atoms with Crippen molar-refractivity contribution in [3.05, 3.63) is 107 Å². The summed E-state index contributed by atoms with van der Waals surface area (Å²) >= 11 is 0. The maximum absolute atomic E-state index is 13.7. The molecule has 0 spiro atoms. The van der Waals surface area contributed by atoms with Gasteiger partial charge in [-0.25, -0.2) is 12.8 Å². The molecule has 0 amide bonds. The third-order valence-electron chi connectivity index (χ3n) is 5.19. The van der Waals surface area contributed by atoms with Gasteiger partial charge in [0, 0.05) is 24.4 Å². The molecule has 31 heavy (non-hydrogen) atoms. The van der Waals surface area contributed by atoms with Crippen molar-refractivity contribution in [2.24, 2.45) is 0 Å². The van der Waals surface area contributed by atoms with Gasteiger partial charge in [-0.2, -0.15) is 0 Å². The van der Waals surface area contributed by atoms with Gasteiger partial charge in [-0.3, -0.25) is 4.98 Å². The first kappa shape index (κ1) is 20.9. The molecule has 1 heterocycles. The Morgan fingerprint density at radius 2 is 1.90 bits per heavy atom. The van der Waals surface area contributed by atoms with Crippen molar-refractivity contribution < 1.29 is 12.8 Å². The van der Waals surface area contributed by atoms with E-state index in [1.807, 2.05) is 30.4 Å². The fourth-order valence-corrected chi connectivity index (χ4v) is 4.23. The second-order valence-corrected chi connectivity index (χ2v) is 9.54. The Balaban J connectivity index is 1.68. The number of pyridine rings is 1. The second kappa shape index (κ2) is 8.40. The number of hydrogen-bond acceptors (Lipinski definition) is 4. The van der Waals surface area contributed by atoms with Gasteiger partial charge in [0.1, 0.15) is 5.82 Å². The number of sulfone groups is 1. The Morgan fingerprint density at radius 3 is 2.61 bits per heavy atom. The minimum Gasteiger partial charge on any atom is -0.303 e. The van der Waals surface area contributed by atoms with Crippen LogP contribution in [0.25, 0.3) is 11.6 Å². The number of benzene rings is 2. The maximum atomic E-state index is 13.7. The van der Waals surface area contributed by atoms with Gasteiger partial charge in [-0.1, -0.05) is 36.4 Å². The van der Waals surface area contributed by atoms with E-state index in [4.69, 9.17) is 5.41 Å². The minimum absolute atomic E-state index is 0.253. The quantitative estimate of drug-likeness (QED) is 0.584. The lowest BCUT2D eigenvalue weighted by atomic mass is 9.96. The standard InChI is InChI=1S/C25H21FN2O2S/c1-31(29,30)22-10-8-17(9-11-22)14-24(27)25-23-16-20(19-6-3-7-21(26)15-19)5-2-4-18(23)12-13-28-25/h2-3,5-13,15-16,27H,4,14H2,1H3. The van der Waals surface area contributed by atoms with E-state index < -0.39 is 9.84 Å². The van der Waals surface area contributed by atoms with Crippen molar-refractivity contribution in [2.45, 2.75) is 17.7 Å². The average molecular weight is 433 g/mol. The Bertz CT molecular complexity index is 1320. The Morgan fingerprint density at radius 1 is 1.13 bits per heavy atom. The van der Waals surface area contributed by atoms with Crippen molar-refractivity contribution in [2.75, 3.05) is 6.26 Å². The summed E-state index contributed by atoms with van der Waals surface area (Å²) in [7, 11) is -3.26. The summed E-state index contributed by atoms with van der Waals surface area (Å²) in [5, 5.41) is 8.67. The molecule has 1 N–H and O–H groups in total. The topological polar surface area (TPSA) is 70.9 Å². The van der Waals surface area contributed by atoms with Crippen LogP contribution in [-0.2, 0) is 22.7 Å². The number of nitrogens with zero attached hydrogens (tertiary/aromatic N) is 1. The zero-order valence-corrected chi connectivity index (χ0v) is 17.8. The summed E-state index contributed by atoms with van der Waals surface area (Å²) in [5.74, 6) is -0.298. The number of allylic oxidation sites excluding steroid dienone is 3. The van der Waals surface area contributed by atoms with Crippen molar-refractivity contribution in [3.8, 4) is 0 Å². The van der Waals surface area contributed by atoms with E-state index >= 15 is 0 Å². The van der Waals surface area contributed by atoms with Gasteiger partial charge in [0.15, 0.2) is 9.84 Å². The summed E-state index contributed by atoms with van der Waals surface area (Å²) in [6.07, 6.45) is 9.83. The van der Waals surface area contributed by atoms with Crippen molar-refractivity contribution >= 4 is 27.2 Å². The first-order valence-corrected chi connectivity index (χ1v) is 11.7. The molecule has 2 aromatic carbocycles. The number of fused-ring (bicyclic) bond motifs is 1. The predicted octanol–water partition coefficient (Wildman–Crippen LogP) is 4.89. The van der Waals surface area contributed by atoms with E-state index in [2.05, 4.69) is 4.98 Å². The average Bonchev–Trinajstić information content (AvgIpc) is 2.96. The van der Waals surface area contributed by atoms with Crippen LogP contribution in [0.2, 0.25) is 0 Å². The molecule has 0 atom stereocenters. The van der Waals surface area contributed by atoms with Crippen LogP contribution in [0.1, 0.15) is 27.9 Å². The van der Waals surface area contributed by atoms with Gasteiger partial charge >= 0.3 is 0 Å². The number of halogens is 1. The molecular weight excluding hydrogens is 411 g/mol. The number of hydrogen-bond donors (Lipinski definition) is 1. The Hall–Kier alpha value is -3.38. The number of aromatic nitrogens is 1. The highest BCUT2D eigenvalue weighted by Gasteiger charge is 2.16. The summed E-state index contributed by atoms with van der Waals surface area (Å²) < 4.78 is 37.1. The first-order chi connectivity index (χ1) is 14.8. The molecule has 3 aromatic rings. The minimum atomic E-state index is -3.26. The van der Waals surface area contributed by atoms with Gasteiger partial charge < -0.3 is 5.41 Å². The molecule has 4 nitrogen and oxygen atoms in total. The summed E-state index contributed by atoms with van der Waals surface area (Å²) in [6, 6.07) is 14.9. The SMILES string of the molecule is CS(=O)(=O)c1ccc(CC(=N)c2nccc3c2C=C(c2cccc(F)c2)C=CC3)cc1. The molecule has 1 aliphatic carbocycles. The first-order valence-electron chi connectivity index (χ1n) is 9.80. The molecule has 0 unspecified atom stereocenters. The van der Waals surface area contributed by atoms with Crippen LogP contribution in [0.5, 0.6) is 0 Å². The highest BCUT2D eigenvalue weighted by atomic mass is 32.2. The van der Waals surface area contributed by atoms with Crippen molar-refractivity contribution in [3.63, 3.8) is 0 Å². The summed E-state index contributed by atoms with van der Waals surface area (Å²) in [4.78, 5) is 4.72. The molecule has 0 bridgehead atoms. The van der Waals surface area contributed by atoms with Crippen LogP contribution in [0, 0.1) is 11.2 Å². The lowest BCUT2D eigenvalue weighted by molar-refractivity contribution is 0.602. The van der Waals surface area contributed by atoms with Crippen molar-refractivity contribution in [1.82, 2.24) is 4.98 Å². The third kappa shape index (κ3) is 4.70. The lowest BCUT2D eigenvalue weighted by Gasteiger charge is -2.12. The molecule has 1 aliphatic rings. The zero-order valence-electron chi connectivity index (χ0n) is 17.0. The van der Waals surface area contributed by atoms with E-state index in [0.29, 0.717) is 24.2 Å². The normalized spacial score (nSPS) is 13.3. The molecule has 4 rings (SSSR count). The van der Waals surface area contributed by atoms with Gasteiger partial charge in [-0.05, 0) is 65.1 Å². The molecule has 0 fully saturated rings. The second-order valence-electron chi connectivity index (χ2n) is 7.52. The molecule has 0 radical (unpaired) electrons. The smallest absolute Gasteiger partial charge is 0.175 e. The van der Waals surface area contributed by atoms with E-state index in [0.717, 1.165) is 27.8 Å². The molecule has 156 valence electrons. The largest absolute Gasteiger partial charge is 0.303 e. The number of nitrogens with one attached hydrogen (secondary N) is 1. The Kier molecular flexibility index (Phi) is 5.65. The van der Waals surface area contributed by atoms with Crippen LogP contribution >= 0.6 is 0 Å². The fraction of sp³-hybridized carbons (Fsp3) is 0.120. The van der Waals surface area contributed by atoms with E-state index in [-0.39, 0.29) is 10.7 Å². The van der Waals surface area contributed by atoms with Gasteiger partial charge in [0.05, 0.1) is 16.3 Å². The van der Waals surface area contributed by atoms with E-state index in [1.165, 1.54) is 18.4 Å². The molecule has 0 saturated carbocycles. The monoisotopic (exact) mass is 432 g/mol. The zero-order chi connectivity index (χ0) is 22.0. The lowest BCUT2D eigenvalue weighted by Crippen LogP contribution is -2.10. The van der Waals surface area contributed by atoms with Crippen LogP contribution in [0.15, 0.2) is 77.8 Å². The third-order valence-corrected chi connectivity index (χ3v) is 6.32. The van der Waals surface area contributed by atoms with Gasteiger partial charge in [-0.15, -0.1) is 0 Å². The maximum Gasteiger partial charge on any atom is 0.175 e. The molecule has 1 aromatic heterocycles. The predicted molar refractivity (Wildman–Crippen MR) is 121 cm³/mol. The fourth-order valence-electron chi connectivity index (χ4n) is 3.60. The molecule has 0 aliphatic heterocycles. The van der Waals surface area contributed by atoms with Gasteiger partial charge in [0.2, 0.25) is 0 Å². The number of rotatable bonds is 5. The highest BCUT2D eigenvalue weighted by molar-refractivity contribution is 7.90. The molecule has 6 heteroatoms. The van der Waals surface area contributed by atoms with E-state index in [1.54, 1.807) is 36.5 Å². The molecular formula is C25H21FN2O2S. The molecule has 0 saturated heterocycles. The van der Waals surface area contributed by atoms with Gasteiger partial charge in [0.25, 0.3) is 0 Å². The van der Waals surface area contributed by atoms with Crippen LogP contribution in [0.3, 0.4) is 0 Å². The van der Waals surface area contributed by atoms with Crippen LogP contribution in [0.4, 0.5) is 4.39 Å².